The highest BCUT2D eigenvalue weighted by atomic mass is 16.5. The van der Waals surface area contributed by atoms with Crippen molar-refractivity contribution < 1.29 is 9.47 Å². The minimum Gasteiger partial charge on any atom is -0.494 e. The number of hydrogen-bond acceptors (Lipinski definition) is 4. The third-order valence-corrected chi connectivity index (χ3v) is 3.76. The molecular formula is C16H26N2O2. The van der Waals surface area contributed by atoms with Crippen molar-refractivity contribution in [3.63, 3.8) is 0 Å². The molecule has 1 heterocycles. The van der Waals surface area contributed by atoms with Gasteiger partial charge in [-0.3, -0.25) is 11.3 Å². The fourth-order valence-corrected chi connectivity index (χ4v) is 2.59. The molecule has 1 saturated heterocycles. The zero-order chi connectivity index (χ0) is 14.2. The van der Waals surface area contributed by atoms with Crippen LogP contribution in [0, 0.1) is 0 Å². The average molecular weight is 278 g/mol. The highest BCUT2D eigenvalue weighted by Gasteiger charge is 2.18. The maximum absolute atomic E-state index is 5.69. The molecule has 1 aliphatic heterocycles. The fourth-order valence-electron chi connectivity index (χ4n) is 2.59. The molecule has 0 bridgehead atoms. The molecule has 112 valence electrons. The monoisotopic (exact) mass is 278 g/mol. The Morgan fingerprint density at radius 1 is 1.40 bits per heavy atom. The van der Waals surface area contributed by atoms with Crippen molar-refractivity contribution in [2.24, 2.45) is 5.84 Å². The van der Waals surface area contributed by atoms with E-state index >= 15 is 0 Å². The van der Waals surface area contributed by atoms with E-state index < -0.39 is 0 Å². The number of ether oxygens (including phenoxy) is 2. The number of nitrogens with one attached hydrogen (secondary N) is 1. The number of hydrogen-bond donors (Lipinski definition) is 2. The Morgan fingerprint density at radius 3 is 2.80 bits per heavy atom. The molecule has 1 fully saturated rings. The summed E-state index contributed by atoms with van der Waals surface area (Å²) in [5.41, 5.74) is 4.11. The first-order valence-corrected chi connectivity index (χ1v) is 7.64. The number of nitrogens with two attached hydrogens (primary N) is 1. The predicted molar refractivity (Wildman–Crippen MR) is 80.5 cm³/mol. The lowest BCUT2D eigenvalue weighted by molar-refractivity contribution is 0.0996. The van der Waals surface area contributed by atoms with E-state index in [1.807, 2.05) is 12.1 Å². The molecule has 2 atom stereocenters. The first-order chi connectivity index (χ1) is 9.83. The van der Waals surface area contributed by atoms with Crippen molar-refractivity contribution >= 4 is 0 Å². The maximum atomic E-state index is 5.69. The molecule has 0 aromatic heterocycles. The highest BCUT2D eigenvalue weighted by Crippen LogP contribution is 2.25. The van der Waals surface area contributed by atoms with Gasteiger partial charge in [0.15, 0.2) is 0 Å². The normalized spacial score (nSPS) is 20.0. The Kier molecular flexibility index (Phi) is 6.30. The van der Waals surface area contributed by atoms with Crippen LogP contribution in [0.1, 0.15) is 50.6 Å². The largest absolute Gasteiger partial charge is 0.494 e. The molecule has 0 saturated carbocycles. The van der Waals surface area contributed by atoms with Crippen LogP contribution >= 0.6 is 0 Å². The molecule has 4 heteroatoms. The van der Waals surface area contributed by atoms with E-state index in [9.17, 15) is 0 Å². The van der Waals surface area contributed by atoms with Gasteiger partial charge >= 0.3 is 0 Å². The summed E-state index contributed by atoms with van der Waals surface area (Å²) in [5, 5.41) is 0. The second-order valence-electron chi connectivity index (χ2n) is 5.35. The lowest BCUT2D eigenvalue weighted by Crippen LogP contribution is -2.28. The minimum atomic E-state index is 0.180. The molecule has 1 aliphatic rings. The molecule has 1 aromatic rings. The standard InChI is InChI=1S/C16H26N2O2/c1-2-11-19-15-7-5-13(6-8-15)16(18-17)10-9-14-4-3-12-20-14/h5-8,14,16,18H,2-4,9-12,17H2,1H3. The van der Waals surface area contributed by atoms with Crippen LogP contribution < -0.4 is 16.0 Å². The topological polar surface area (TPSA) is 56.5 Å². The second kappa shape index (κ2) is 8.25. The van der Waals surface area contributed by atoms with Crippen molar-refractivity contribution in [2.75, 3.05) is 13.2 Å². The van der Waals surface area contributed by atoms with Gasteiger partial charge in [-0.1, -0.05) is 19.1 Å². The molecule has 1 aromatic carbocycles. The van der Waals surface area contributed by atoms with Crippen molar-refractivity contribution in [1.82, 2.24) is 5.43 Å². The van der Waals surface area contributed by atoms with Gasteiger partial charge < -0.3 is 9.47 Å². The zero-order valence-electron chi connectivity index (χ0n) is 12.3. The minimum absolute atomic E-state index is 0.180. The van der Waals surface area contributed by atoms with Crippen LogP contribution in [0.4, 0.5) is 0 Å². The lowest BCUT2D eigenvalue weighted by Gasteiger charge is -2.18. The second-order valence-corrected chi connectivity index (χ2v) is 5.35. The van der Waals surface area contributed by atoms with Gasteiger partial charge in [0.2, 0.25) is 0 Å². The van der Waals surface area contributed by atoms with Crippen molar-refractivity contribution in [2.45, 2.75) is 51.2 Å². The summed E-state index contributed by atoms with van der Waals surface area (Å²) in [6.07, 6.45) is 5.86. The summed E-state index contributed by atoms with van der Waals surface area (Å²) >= 11 is 0. The van der Waals surface area contributed by atoms with Crippen LogP contribution in [0.5, 0.6) is 5.75 Å². The van der Waals surface area contributed by atoms with Gasteiger partial charge in [0.25, 0.3) is 0 Å². The first kappa shape index (κ1) is 15.3. The summed E-state index contributed by atoms with van der Waals surface area (Å²) < 4.78 is 11.3. The van der Waals surface area contributed by atoms with Crippen LogP contribution in [0.3, 0.4) is 0 Å². The predicted octanol–water partition coefficient (Wildman–Crippen LogP) is 2.94. The lowest BCUT2D eigenvalue weighted by atomic mass is 10.00. The SMILES string of the molecule is CCCOc1ccc(C(CCC2CCCO2)NN)cc1. The first-order valence-electron chi connectivity index (χ1n) is 7.64. The van der Waals surface area contributed by atoms with Crippen LogP contribution in [0.15, 0.2) is 24.3 Å². The molecule has 0 amide bonds. The van der Waals surface area contributed by atoms with Crippen LogP contribution in [-0.2, 0) is 4.74 Å². The summed E-state index contributed by atoms with van der Waals surface area (Å²) in [6, 6.07) is 8.39. The Bertz CT molecular complexity index is 375. The number of rotatable bonds is 8. The Hall–Kier alpha value is -1.10. The van der Waals surface area contributed by atoms with Crippen LogP contribution in [0.25, 0.3) is 0 Å². The van der Waals surface area contributed by atoms with Crippen molar-refractivity contribution in [3.05, 3.63) is 29.8 Å². The van der Waals surface area contributed by atoms with Gasteiger partial charge in [0.1, 0.15) is 5.75 Å². The van der Waals surface area contributed by atoms with Gasteiger partial charge in [-0.05, 0) is 49.8 Å². The van der Waals surface area contributed by atoms with E-state index in [2.05, 4.69) is 24.5 Å². The smallest absolute Gasteiger partial charge is 0.119 e. The molecule has 0 aliphatic carbocycles. The molecule has 2 rings (SSSR count). The summed E-state index contributed by atoms with van der Waals surface area (Å²) in [6.45, 7) is 3.78. The van der Waals surface area contributed by atoms with E-state index in [0.717, 1.165) is 38.2 Å². The molecule has 4 nitrogen and oxygen atoms in total. The zero-order valence-corrected chi connectivity index (χ0v) is 12.3. The molecule has 3 N–H and O–H groups in total. The van der Waals surface area contributed by atoms with Gasteiger partial charge in [-0.2, -0.15) is 0 Å². The molecule has 0 radical (unpaired) electrons. The molecule has 20 heavy (non-hydrogen) atoms. The van der Waals surface area contributed by atoms with Gasteiger partial charge in [-0.15, -0.1) is 0 Å². The van der Waals surface area contributed by atoms with E-state index in [1.165, 1.54) is 18.4 Å². The van der Waals surface area contributed by atoms with E-state index in [0.29, 0.717) is 6.10 Å². The highest BCUT2D eigenvalue weighted by molar-refractivity contribution is 5.29. The van der Waals surface area contributed by atoms with E-state index in [-0.39, 0.29) is 6.04 Å². The van der Waals surface area contributed by atoms with Crippen molar-refractivity contribution in [3.8, 4) is 5.75 Å². The quantitative estimate of drug-likeness (QED) is 0.567. The van der Waals surface area contributed by atoms with Gasteiger partial charge in [-0.25, -0.2) is 0 Å². The summed E-state index contributed by atoms with van der Waals surface area (Å²) in [5.74, 6) is 6.61. The van der Waals surface area contributed by atoms with Crippen LogP contribution in [-0.4, -0.2) is 19.3 Å². The van der Waals surface area contributed by atoms with Gasteiger partial charge in [0, 0.05) is 12.6 Å². The number of benzene rings is 1. The van der Waals surface area contributed by atoms with Gasteiger partial charge in [0.05, 0.1) is 12.7 Å². The Morgan fingerprint density at radius 2 is 2.20 bits per heavy atom. The molecule has 2 unspecified atom stereocenters. The third-order valence-electron chi connectivity index (χ3n) is 3.76. The Balaban J connectivity index is 1.85. The molecular weight excluding hydrogens is 252 g/mol. The summed E-state index contributed by atoms with van der Waals surface area (Å²) in [4.78, 5) is 0. The third kappa shape index (κ3) is 4.47. The Labute approximate surface area is 121 Å². The summed E-state index contributed by atoms with van der Waals surface area (Å²) in [7, 11) is 0. The van der Waals surface area contributed by atoms with E-state index in [1.54, 1.807) is 0 Å². The number of hydrazine groups is 1. The van der Waals surface area contributed by atoms with E-state index in [4.69, 9.17) is 15.3 Å². The fraction of sp³-hybridized carbons (Fsp3) is 0.625. The van der Waals surface area contributed by atoms with Crippen molar-refractivity contribution in [1.29, 1.82) is 0 Å². The average Bonchev–Trinajstić information content (AvgIpc) is 3.00. The van der Waals surface area contributed by atoms with Crippen LogP contribution in [0.2, 0.25) is 0 Å². The maximum Gasteiger partial charge on any atom is 0.119 e. The molecule has 0 spiro atoms.